The molecule has 0 amide bonds. The first-order chi connectivity index (χ1) is 9.93. The molecule has 0 aliphatic heterocycles. The van der Waals surface area contributed by atoms with Crippen LogP contribution in [0.4, 0.5) is 0 Å². The summed E-state index contributed by atoms with van der Waals surface area (Å²) < 4.78 is 0. The van der Waals surface area contributed by atoms with Gasteiger partial charge in [-0.2, -0.15) is 0 Å². The summed E-state index contributed by atoms with van der Waals surface area (Å²) in [4.78, 5) is 31.1. The molecule has 0 aliphatic carbocycles. The van der Waals surface area contributed by atoms with Gasteiger partial charge in [-0.05, 0) is 24.3 Å². The third kappa shape index (κ3) is 6.09. The van der Waals surface area contributed by atoms with Gasteiger partial charge in [-0.15, -0.1) is 0 Å². The maximum Gasteiger partial charge on any atom is 1.00 e. The van der Waals surface area contributed by atoms with Crippen molar-refractivity contribution in [2.75, 3.05) is 0 Å². The summed E-state index contributed by atoms with van der Waals surface area (Å²) in [6, 6.07) is 13.8. The molecule has 0 atom stereocenters. The van der Waals surface area contributed by atoms with Crippen LogP contribution in [0.1, 0.15) is 32.5 Å². The SMILES string of the molecule is O=C(O)c1ccccc1.O=C(O)c1ccccc1C(=O)O.[H-].[Na+]. The maximum absolute atomic E-state index is 10.5. The molecule has 0 unspecified atom stereocenters. The van der Waals surface area contributed by atoms with Gasteiger partial charge in [-0.25, -0.2) is 14.4 Å². The molecule has 110 valence electrons. The smallest absolute Gasteiger partial charge is 1.00 e. The van der Waals surface area contributed by atoms with Gasteiger partial charge in [0.05, 0.1) is 16.7 Å². The number of hydrogen-bond donors (Lipinski definition) is 3. The number of carboxylic acids is 3. The molecule has 0 aliphatic rings. The minimum absolute atomic E-state index is 0. The Bertz CT molecular complexity index is 627. The molecule has 0 radical (unpaired) electrons. The van der Waals surface area contributed by atoms with Gasteiger partial charge in [-0.3, -0.25) is 0 Å². The first-order valence-corrected chi connectivity index (χ1v) is 5.77. The van der Waals surface area contributed by atoms with Crippen LogP contribution in [0.5, 0.6) is 0 Å². The Morgan fingerprint density at radius 1 is 0.636 bits per heavy atom. The summed E-state index contributed by atoms with van der Waals surface area (Å²) in [5.41, 5.74) is -0.0486. The second-order valence-electron chi connectivity index (χ2n) is 3.83. The third-order valence-electron chi connectivity index (χ3n) is 2.41. The summed E-state index contributed by atoms with van der Waals surface area (Å²) in [5.74, 6) is -3.34. The second-order valence-corrected chi connectivity index (χ2v) is 3.83. The molecule has 22 heavy (non-hydrogen) atoms. The van der Waals surface area contributed by atoms with Crippen molar-refractivity contribution in [3.8, 4) is 0 Å². The van der Waals surface area contributed by atoms with Crippen LogP contribution >= 0.6 is 0 Å². The van der Waals surface area contributed by atoms with Crippen molar-refractivity contribution in [2.24, 2.45) is 0 Å². The molecule has 0 saturated heterocycles. The molecule has 2 rings (SSSR count). The zero-order chi connectivity index (χ0) is 15.8. The van der Waals surface area contributed by atoms with Crippen molar-refractivity contribution in [1.29, 1.82) is 0 Å². The summed E-state index contributed by atoms with van der Waals surface area (Å²) in [6.07, 6.45) is 0. The topological polar surface area (TPSA) is 112 Å². The van der Waals surface area contributed by atoms with E-state index in [0.717, 1.165) is 0 Å². The van der Waals surface area contributed by atoms with Gasteiger partial charge in [0, 0.05) is 0 Å². The Labute approximate surface area is 149 Å². The quantitative estimate of drug-likeness (QED) is 0.664. The summed E-state index contributed by atoms with van der Waals surface area (Å²) >= 11 is 0. The number of benzene rings is 2. The number of rotatable bonds is 3. The molecule has 0 heterocycles. The minimum Gasteiger partial charge on any atom is -1.00 e. The van der Waals surface area contributed by atoms with Crippen molar-refractivity contribution < 1.29 is 60.7 Å². The van der Waals surface area contributed by atoms with Gasteiger partial charge >= 0.3 is 47.5 Å². The van der Waals surface area contributed by atoms with Crippen molar-refractivity contribution in [1.82, 2.24) is 0 Å². The first-order valence-electron chi connectivity index (χ1n) is 5.77. The molecular weight excluding hydrogens is 299 g/mol. The Morgan fingerprint density at radius 3 is 1.27 bits per heavy atom. The van der Waals surface area contributed by atoms with E-state index in [2.05, 4.69) is 0 Å². The van der Waals surface area contributed by atoms with Crippen molar-refractivity contribution in [2.45, 2.75) is 0 Å². The van der Waals surface area contributed by atoms with E-state index in [9.17, 15) is 14.4 Å². The number of carboxylic acid groups (broad SMARTS) is 3. The third-order valence-corrected chi connectivity index (χ3v) is 2.41. The standard InChI is InChI=1S/C8H6O4.C7H6O2.Na.H/c9-7(10)5-3-1-2-4-6(5)8(11)12;8-7(9)6-4-2-1-3-5-6;;/h1-4H,(H,9,10)(H,11,12);1-5H,(H,8,9);;/q;;+1;-1. The average Bonchev–Trinajstić information content (AvgIpc) is 2.48. The van der Waals surface area contributed by atoms with E-state index in [0.29, 0.717) is 5.56 Å². The van der Waals surface area contributed by atoms with E-state index >= 15 is 0 Å². The van der Waals surface area contributed by atoms with Crippen LogP contribution < -0.4 is 29.6 Å². The number of hydrogen-bond acceptors (Lipinski definition) is 3. The molecule has 0 fully saturated rings. The van der Waals surface area contributed by atoms with Gasteiger partial charge in [0.1, 0.15) is 0 Å². The molecule has 2 aromatic rings. The molecule has 6 nitrogen and oxygen atoms in total. The molecule has 7 heteroatoms. The average molecular weight is 312 g/mol. The van der Waals surface area contributed by atoms with Gasteiger partial charge in [0.2, 0.25) is 0 Å². The zero-order valence-corrected chi connectivity index (χ0v) is 13.8. The Kier molecular flexibility index (Phi) is 8.78. The Balaban J connectivity index is 0. The molecule has 3 N–H and O–H groups in total. The van der Waals surface area contributed by atoms with Crippen LogP contribution in [0.3, 0.4) is 0 Å². The Morgan fingerprint density at radius 2 is 1.00 bits per heavy atom. The Hall–Kier alpha value is -2.15. The summed E-state index contributed by atoms with van der Waals surface area (Å²) in [6.45, 7) is 0. The van der Waals surface area contributed by atoms with E-state index in [1.54, 1.807) is 30.3 Å². The monoisotopic (exact) mass is 312 g/mol. The predicted octanol–water partition coefficient (Wildman–Crippen LogP) is -0.416. The molecular formula is C15H13NaO6. The van der Waals surface area contributed by atoms with E-state index in [1.165, 1.54) is 24.3 Å². The fourth-order valence-electron chi connectivity index (χ4n) is 1.44. The van der Waals surface area contributed by atoms with Crippen molar-refractivity contribution in [3.05, 3.63) is 71.3 Å². The maximum atomic E-state index is 10.5. The number of aromatic carboxylic acids is 3. The fourth-order valence-corrected chi connectivity index (χ4v) is 1.44. The first kappa shape index (κ1) is 19.9. The van der Waals surface area contributed by atoms with Crippen LogP contribution in [0, 0.1) is 0 Å². The zero-order valence-electron chi connectivity index (χ0n) is 12.8. The van der Waals surface area contributed by atoms with Crippen LogP contribution in [-0.2, 0) is 0 Å². The molecule has 0 aromatic heterocycles. The predicted molar refractivity (Wildman–Crippen MR) is 74.9 cm³/mol. The summed E-state index contributed by atoms with van der Waals surface area (Å²) in [5, 5.41) is 25.5. The molecule has 0 saturated carbocycles. The van der Waals surface area contributed by atoms with E-state index in [1.807, 2.05) is 0 Å². The van der Waals surface area contributed by atoms with Crippen LogP contribution in [0.25, 0.3) is 0 Å². The van der Waals surface area contributed by atoms with Gasteiger partial charge < -0.3 is 16.7 Å². The minimum atomic E-state index is -1.23. The molecule has 0 spiro atoms. The normalized spacial score (nSPS) is 8.73. The van der Waals surface area contributed by atoms with Crippen LogP contribution in [-0.4, -0.2) is 33.2 Å². The van der Waals surface area contributed by atoms with Gasteiger partial charge in [-0.1, -0.05) is 30.3 Å². The fraction of sp³-hybridized carbons (Fsp3) is 0. The van der Waals surface area contributed by atoms with Crippen molar-refractivity contribution >= 4 is 17.9 Å². The second kappa shape index (κ2) is 9.73. The largest absolute Gasteiger partial charge is 1.00 e. The van der Waals surface area contributed by atoms with Gasteiger partial charge in [0.15, 0.2) is 0 Å². The van der Waals surface area contributed by atoms with E-state index in [-0.39, 0.29) is 42.1 Å². The van der Waals surface area contributed by atoms with E-state index in [4.69, 9.17) is 15.3 Å². The van der Waals surface area contributed by atoms with E-state index < -0.39 is 17.9 Å². The van der Waals surface area contributed by atoms with Crippen molar-refractivity contribution in [3.63, 3.8) is 0 Å². The van der Waals surface area contributed by atoms with Gasteiger partial charge in [0.25, 0.3) is 0 Å². The molecule has 0 bridgehead atoms. The molecule has 2 aromatic carbocycles. The van der Waals surface area contributed by atoms with Crippen LogP contribution in [0.15, 0.2) is 54.6 Å². The number of carbonyl (C=O) groups is 3. The van der Waals surface area contributed by atoms with Crippen LogP contribution in [0.2, 0.25) is 0 Å². The summed E-state index contributed by atoms with van der Waals surface area (Å²) in [7, 11) is 0.